The summed E-state index contributed by atoms with van der Waals surface area (Å²) >= 11 is 0. The summed E-state index contributed by atoms with van der Waals surface area (Å²) in [5.41, 5.74) is 0. The maximum Gasteiger partial charge on any atom is 0.663 e. The molecule has 13 nitrogen and oxygen atoms in total. The average Bonchev–Trinajstić information content (AvgIpc) is 1.65. The van der Waals surface area contributed by atoms with E-state index in [0.717, 1.165) is 0 Å². The number of hydrogen-bond donors (Lipinski definition) is 9. The smallest absolute Gasteiger partial charge is 0.663 e. The first-order valence-electron chi connectivity index (χ1n) is 3.44. The number of rotatable bonds is 6. The monoisotopic (exact) mass is 329 g/mol. The molecular weight excluding hydrogens is 320 g/mol. The topological polar surface area (TPSA) is 233 Å². The van der Waals surface area contributed by atoms with Crippen LogP contribution < -0.4 is 4.80 Å². The van der Waals surface area contributed by atoms with Crippen LogP contribution in [0.1, 0.15) is 0 Å². The van der Waals surface area contributed by atoms with Crippen molar-refractivity contribution < 1.29 is 60.3 Å². The molecule has 0 aliphatic heterocycles. The summed E-state index contributed by atoms with van der Waals surface area (Å²) < 4.78 is 10.3. The largest absolute Gasteiger partial charge is 0.795 e. The zero-order valence-electron chi connectivity index (χ0n) is 7.66. The fourth-order valence-corrected chi connectivity index (χ4v) is 6.22. The molecule has 0 unspecified atom stereocenters. The molecule has 0 aromatic heterocycles. The van der Waals surface area contributed by atoms with E-state index in [9.17, 15) is 4.80 Å². The van der Waals surface area contributed by atoms with E-state index in [-0.39, 0.29) is 0 Å². The van der Waals surface area contributed by atoms with Crippen molar-refractivity contribution in [3.8, 4) is 0 Å². The summed E-state index contributed by atoms with van der Waals surface area (Å²) in [4.78, 5) is 86.8. The molecule has 0 atom stereocenters. The molecule has 0 amide bonds. The lowest BCUT2D eigenvalue weighted by molar-refractivity contribution is -0.300. The van der Waals surface area contributed by atoms with E-state index in [2.05, 4.69) is 12.3 Å². The van der Waals surface area contributed by atoms with E-state index in [0.29, 0.717) is 0 Å². The Labute approximate surface area is 97.2 Å². The van der Waals surface area contributed by atoms with Crippen molar-refractivity contribution in [3.63, 3.8) is 0 Å². The van der Waals surface area contributed by atoms with E-state index < -0.39 is 36.2 Å². The van der Waals surface area contributed by atoms with Crippen LogP contribution in [0.25, 0.3) is 0 Å². The molecule has 0 saturated carbocycles. The molecule has 17 heavy (non-hydrogen) atoms. The Hall–Kier alpha value is 0.348. The summed E-state index contributed by atoms with van der Waals surface area (Å²) in [6.45, 7) is 0. The molecular formula is H9O13Si4-. The summed E-state index contributed by atoms with van der Waals surface area (Å²) in [5, 5.41) is 0. The molecule has 0 spiro atoms. The summed E-state index contributed by atoms with van der Waals surface area (Å²) in [5.74, 6) is 0. The van der Waals surface area contributed by atoms with Crippen LogP contribution in [0.2, 0.25) is 0 Å². The molecule has 0 saturated heterocycles. The van der Waals surface area contributed by atoms with E-state index in [1.807, 2.05) is 0 Å². The van der Waals surface area contributed by atoms with Crippen LogP contribution in [0, 0.1) is 0 Å². The minimum atomic E-state index is -5.97. The highest BCUT2D eigenvalue weighted by molar-refractivity contribution is 6.75. The van der Waals surface area contributed by atoms with Gasteiger partial charge >= 0.3 is 36.2 Å². The van der Waals surface area contributed by atoms with Crippen molar-refractivity contribution in [2.24, 2.45) is 0 Å². The fourth-order valence-electron chi connectivity index (χ4n) is 0.566. The second-order valence-electron chi connectivity index (χ2n) is 2.53. The van der Waals surface area contributed by atoms with Gasteiger partial charge in [-0.15, -0.1) is 0 Å². The lowest BCUT2D eigenvalue weighted by Gasteiger charge is -2.39. The van der Waals surface area contributed by atoms with Gasteiger partial charge in [0, 0.05) is 0 Å². The molecule has 17 heteroatoms. The lowest BCUT2D eigenvalue weighted by Crippen LogP contribution is -2.73. The molecule has 0 aliphatic rings. The van der Waals surface area contributed by atoms with Crippen molar-refractivity contribution in [2.75, 3.05) is 0 Å². The Morgan fingerprint density at radius 1 is 0.529 bits per heavy atom. The Morgan fingerprint density at radius 2 is 0.706 bits per heavy atom. The molecule has 0 heterocycles. The molecule has 9 N–H and O–H groups in total. The van der Waals surface area contributed by atoms with Gasteiger partial charge in [0.2, 0.25) is 0 Å². The van der Waals surface area contributed by atoms with E-state index in [4.69, 9.17) is 43.2 Å². The van der Waals surface area contributed by atoms with Crippen LogP contribution in [-0.2, 0) is 12.3 Å². The van der Waals surface area contributed by atoms with E-state index >= 15 is 0 Å². The minimum Gasteiger partial charge on any atom is -0.795 e. The zero-order chi connectivity index (χ0) is 14.1. The van der Waals surface area contributed by atoms with Gasteiger partial charge in [0.15, 0.2) is 0 Å². The highest BCUT2D eigenvalue weighted by Crippen LogP contribution is 2.12. The minimum absolute atomic E-state index is 3.43. The summed E-state index contributed by atoms with van der Waals surface area (Å²) in [7, 11) is -22.8. The van der Waals surface area contributed by atoms with Crippen LogP contribution in [0.15, 0.2) is 0 Å². The van der Waals surface area contributed by atoms with Crippen LogP contribution >= 0.6 is 0 Å². The van der Waals surface area contributed by atoms with Gasteiger partial charge in [-0.2, -0.15) is 0 Å². The van der Waals surface area contributed by atoms with Crippen molar-refractivity contribution in [2.45, 2.75) is 0 Å². The Morgan fingerprint density at radius 3 is 0.824 bits per heavy atom. The Balaban J connectivity index is 4.95. The van der Waals surface area contributed by atoms with Gasteiger partial charge in [0.05, 0.1) is 0 Å². The zero-order valence-corrected chi connectivity index (χ0v) is 11.7. The first-order valence-corrected chi connectivity index (χ1v) is 10.3. The first-order chi connectivity index (χ1) is 7.12. The molecule has 0 aliphatic carbocycles. The van der Waals surface area contributed by atoms with Gasteiger partial charge < -0.3 is 60.3 Å². The van der Waals surface area contributed by atoms with Gasteiger partial charge in [-0.3, -0.25) is 0 Å². The molecule has 0 radical (unpaired) electrons. The number of hydrogen-bond acceptors (Lipinski definition) is 13. The highest BCUT2D eigenvalue weighted by Gasteiger charge is 2.53. The van der Waals surface area contributed by atoms with Gasteiger partial charge in [0.1, 0.15) is 0 Å². The van der Waals surface area contributed by atoms with Crippen LogP contribution in [0.5, 0.6) is 0 Å². The molecule has 0 rings (SSSR count). The SMILES string of the molecule is [O-][Si](O[Si](O)(O)O)(O[Si](O)(O)O)O[Si](O)(O)O. The molecule has 104 valence electrons. The Bertz CT molecular complexity index is 199. The lowest BCUT2D eigenvalue weighted by atomic mass is 15.5. The van der Waals surface area contributed by atoms with Crippen LogP contribution in [-0.4, -0.2) is 79.4 Å². The van der Waals surface area contributed by atoms with Crippen LogP contribution in [0.4, 0.5) is 0 Å². The molecule has 0 aromatic rings. The third-order valence-electron chi connectivity index (χ3n) is 0.786. The third kappa shape index (κ3) is 10.00. The van der Waals surface area contributed by atoms with Crippen molar-refractivity contribution in [1.29, 1.82) is 0 Å². The standard InChI is InChI=1S/H9O13Si4/c1-14(2,3)11-17(10,12-15(4,5)6)13-16(7,8)9/h1-9H/q-1. The normalized spacial score (nSPS) is 15.2. The van der Waals surface area contributed by atoms with Crippen molar-refractivity contribution in [3.05, 3.63) is 0 Å². The predicted molar refractivity (Wildman–Crippen MR) is 46.2 cm³/mol. The maximum atomic E-state index is 11.3. The predicted octanol–water partition coefficient (Wildman–Crippen LogP) is -7.93. The second-order valence-corrected chi connectivity index (χ2v) is 9.42. The van der Waals surface area contributed by atoms with Crippen LogP contribution in [0.3, 0.4) is 0 Å². The van der Waals surface area contributed by atoms with Gasteiger partial charge in [-0.05, 0) is 0 Å². The van der Waals surface area contributed by atoms with Crippen molar-refractivity contribution in [1.82, 2.24) is 0 Å². The van der Waals surface area contributed by atoms with Gasteiger partial charge in [0.25, 0.3) is 0 Å². The first kappa shape index (κ1) is 17.3. The molecule has 0 bridgehead atoms. The average molecular weight is 329 g/mol. The second kappa shape index (κ2) is 5.15. The highest BCUT2D eigenvalue weighted by atomic mass is 28.5. The van der Waals surface area contributed by atoms with Gasteiger partial charge in [-0.25, -0.2) is 0 Å². The van der Waals surface area contributed by atoms with E-state index in [1.165, 1.54) is 0 Å². The van der Waals surface area contributed by atoms with E-state index in [1.54, 1.807) is 0 Å². The van der Waals surface area contributed by atoms with Gasteiger partial charge in [-0.1, -0.05) is 0 Å². The molecule has 0 fully saturated rings. The van der Waals surface area contributed by atoms with Crippen molar-refractivity contribution >= 4 is 36.2 Å². The summed E-state index contributed by atoms with van der Waals surface area (Å²) in [6.07, 6.45) is 0. The molecule has 0 aromatic carbocycles. The third-order valence-corrected chi connectivity index (χ3v) is 7.07. The Kier molecular flexibility index (Phi) is 5.25. The maximum absolute atomic E-state index is 11.3. The fraction of sp³-hybridized carbons (Fsp3) is 0. The quantitative estimate of drug-likeness (QED) is 0.206. The summed E-state index contributed by atoms with van der Waals surface area (Å²) in [6, 6.07) is 0.